The lowest BCUT2D eigenvalue weighted by atomic mass is 9.67. The predicted molar refractivity (Wildman–Crippen MR) is 97.9 cm³/mol. The quantitative estimate of drug-likeness (QED) is 0.836. The number of carboxylic acid groups (broad SMARTS) is 1. The lowest BCUT2D eigenvalue weighted by Gasteiger charge is -2.38. The SMILES string of the molecule is CS(=O)(=O)c1cc(NC(=O)C2CCC3CCCCC3C2)cc(C(=O)O)c1. The molecule has 2 N–H and O–H groups in total. The third-order valence-electron chi connectivity index (χ3n) is 5.76. The molecule has 0 aromatic heterocycles. The Morgan fingerprint density at radius 2 is 1.73 bits per heavy atom. The number of anilines is 1. The Morgan fingerprint density at radius 1 is 1.04 bits per heavy atom. The van der Waals surface area contributed by atoms with E-state index in [0.29, 0.717) is 5.92 Å². The highest BCUT2D eigenvalue weighted by molar-refractivity contribution is 7.90. The van der Waals surface area contributed by atoms with Crippen LogP contribution in [0.5, 0.6) is 0 Å². The third kappa shape index (κ3) is 4.26. The van der Waals surface area contributed by atoms with Crippen molar-refractivity contribution in [3.8, 4) is 0 Å². The van der Waals surface area contributed by atoms with Crippen LogP contribution in [-0.2, 0) is 14.6 Å². The Hall–Kier alpha value is -1.89. The number of carbonyl (C=O) groups is 2. The Kier molecular flexibility index (Phi) is 5.37. The number of nitrogens with one attached hydrogen (secondary N) is 1. The monoisotopic (exact) mass is 379 g/mol. The summed E-state index contributed by atoms with van der Waals surface area (Å²) in [6.07, 6.45) is 8.75. The molecule has 142 valence electrons. The number of sulfone groups is 1. The van der Waals surface area contributed by atoms with Crippen molar-refractivity contribution >= 4 is 27.4 Å². The second-order valence-electron chi connectivity index (χ2n) is 7.63. The second-order valence-corrected chi connectivity index (χ2v) is 9.64. The van der Waals surface area contributed by atoms with Gasteiger partial charge in [-0.05, 0) is 49.3 Å². The molecule has 0 saturated heterocycles. The van der Waals surface area contributed by atoms with E-state index in [4.69, 9.17) is 0 Å². The summed E-state index contributed by atoms with van der Waals surface area (Å²) in [4.78, 5) is 23.8. The summed E-state index contributed by atoms with van der Waals surface area (Å²) in [5, 5.41) is 12.0. The lowest BCUT2D eigenvalue weighted by Crippen LogP contribution is -2.33. The Bertz CT molecular complexity index is 817. The van der Waals surface area contributed by atoms with Gasteiger partial charge in [-0.1, -0.05) is 25.7 Å². The fourth-order valence-electron chi connectivity index (χ4n) is 4.36. The molecular formula is C19H25NO5S. The number of carbonyl (C=O) groups excluding carboxylic acids is 1. The predicted octanol–water partition coefficient (Wildman–Crippen LogP) is 3.33. The first-order chi connectivity index (χ1) is 12.2. The van der Waals surface area contributed by atoms with E-state index in [0.717, 1.165) is 37.5 Å². The minimum Gasteiger partial charge on any atom is -0.478 e. The molecule has 2 saturated carbocycles. The number of amides is 1. The fourth-order valence-corrected chi connectivity index (χ4v) is 5.05. The maximum Gasteiger partial charge on any atom is 0.335 e. The molecule has 0 heterocycles. The highest BCUT2D eigenvalue weighted by atomic mass is 32.2. The van der Waals surface area contributed by atoms with Crippen LogP contribution < -0.4 is 5.32 Å². The first kappa shape index (κ1) is 18.9. The van der Waals surface area contributed by atoms with Crippen molar-refractivity contribution in [3.63, 3.8) is 0 Å². The van der Waals surface area contributed by atoms with Crippen molar-refractivity contribution < 1.29 is 23.1 Å². The molecule has 3 rings (SSSR count). The largest absolute Gasteiger partial charge is 0.478 e. The van der Waals surface area contributed by atoms with E-state index in [-0.39, 0.29) is 28.0 Å². The highest BCUT2D eigenvalue weighted by Gasteiger charge is 2.35. The van der Waals surface area contributed by atoms with Crippen LogP contribution in [0.2, 0.25) is 0 Å². The second kappa shape index (κ2) is 7.39. The Morgan fingerprint density at radius 3 is 2.38 bits per heavy atom. The average Bonchev–Trinajstić information content (AvgIpc) is 2.60. The molecule has 7 heteroatoms. The molecule has 6 nitrogen and oxygen atoms in total. The maximum atomic E-state index is 12.7. The Balaban J connectivity index is 1.76. The van der Waals surface area contributed by atoms with Gasteiger partial charge in [0.25, 0.3) is 0 Å². The van der Waals surface area contributed by atoms with E-state index in [9.17, 15) is 23.1 Å². The number of fused-ring (bicyclic) bond motifs is 1. The third-order valence-corrected chi connectivity index (χ3v) is 6.85. The molecule has 0 spiro atoms. The molecule has 0 bridgehead atoms. The molecule has 1 aromatic rings. The number of aromatic carboxylic acids is 1. The summed E-state index contributed by atoms with van der Waals surface area (Å²) in [7, 11) is -3.57. The van der Waals surface area contributed by atoms with Gasteiger partial charge < -0.3 is 10.4 Å². The van der Waals surface area contributed by atoms with Gasteiger partial charge in [0.1, 0.15) is 0 Å². The van der Waals surface area contributed by atoms with E-state index in [2.05, 4.69) is 5.32 Å². The smallest absolute Gasteiger partial charge is 0.335 e. The molecule has 1 amide bonds. The van der Waals surface area contributed by atoms with Crippen LogP contribution in [0.4, 0.5) is 5.69 Å². The molecule has 3 atom stereocenters. The average molecular weight is 379 g/mol. The number of hydrogen-bond acceptors (Lipinski definition) is 4. The zero-order chi connectivity index (χ0) is 18.9. The van der Waals surface area contributed by atoms with Crippen molar-refractivity contribution in [2.24, 2.45) is 17.8 Å². The minimum absolute atomic E-state index is 0.0930. The first-order valence-electron chi connectivity index (χ1n) is 9.13. The summed E-state index contributed by atoms with van der Waals surface area (Å²) >= 11 is 0. The van der Waals surface area contributed by atoms with E-state index < -0.39 is 15.8 Å². The molecular weight excluding hydrogens is 354 g/mol. The van der Waals surface area contributed by atoms with Crippen LogP contribution in [0, 0.1) is 17.8 Å². The van der Waals surface area contributed by atoms with E-state index >= 15 is 0 Å². The molecule has 2 aliphatic carbocycles. The molecule has 1 aromatic carbocycles. The van der Waals surface area contributed by atoms with Gasteiger partial charge in [0.05, 0.1) is 10.5 Å². The van der Waals surface area contributed by atoms with Gasteiger partial charge in [-0.25, -0.2) is 13.2 Å². The summed E-state index contributed by atoms with van der Waals surface area (Å²) in [5.41, 5.74) is 0.0697. The zero-order valence-electron chi connectivity index (χ0n) is 14.9. The van der Waals surface area contributed by atoms with Gasteiger partial charge in [-0.2, -0.15) is 0 Å². The fraction of sp³-hybridized carbons (Fsp3) is 0.579. The summed E-state index contributed by atoms with van der Waals surface area (Å²) in [5.74, 6) is -0.126. The van der Waals surface area contributed by atoms with Crippen molar-refractivity contribution in [3.05, 3.63) is 23.8 Å². The molecule has 0 radical (unpaired) electrons. The molecule has 3 unspecified atom stereocenters. The standard InChI is InChI=1S/C19H25NO5S/c1-26(24,25)17-10-15(19(22)23)9-16(11-17)20-18(21)14-7-6-12-4-2-3-5-13(12)8-14/h9-14H,2-8H2,1H3,(H,20,21)(H,22,23). The van der Waals surface area contributed by atoms with Gasteiger partial charge in [0.15, 0.2) is 9.84 Å². The summed E-state index contributed by atoms with van der Waals surface area (Å²) < 4.78 is 23.6. The van der Waals surface area contributed by atoms with Crippen LogP contribution in [0.3, 0.4) is 0 Å². The van der Waals surface area contributed by atoms with E-state index in [1.54, 1.807) is 0 Å². The van der Waals surface area contributed by atoms with E-state index in [1.807, 2.05) is 0 Å². The van der Waals surface area contributed by atoms with Crippen molar-refractivity contribution in [1.29, 1.82) is 0 Å². The minimum atomic E-state index is -3.57. The maximum absolute atomic E-state index is 12.7. The van der Waals surface area contributed by atoms with Crippen LogP contribution >= 0.6 is 0 Å². The van der Waals surface area contributed by atoms with Gasteiger partial charge in [-0.3, -0.25) is 4.79 Å². The van der Waals surface area contributed by atoms with Gasteiger partial charge in [-0.15, -0.1) is 0 Å². The van der Waals surface area contributed by atoms with Crippen molar-refractivity contribution in [1.82, 2.24) is 0 Å². The van der Waals surface area contributed by atoms with Crippen LogP contribution in [0.1, 0.15) is 55.3 Å². The molecule has 2 fully saturated rings. The molecule has 26 heavy (non-hydrogen) atoms. The van der Waals surface area contributed by atoms with Gasteiger partial charge >= 0.3 is 5.97 Å². The van der Waals surface area contributed by atoms with Crippen LogP contribution in [0.15, 0.2) is 23.1 Å². The number of hydrogen-bond donors (Lipinski definition) is 2. The highest BCUT2D eigenvalue weighted by Crippen LogP contribution is 2.43. The van der Waals surface area contributed by atoms with E-state index in [1.165, 1.54) is 37.8 Å². The normalized spacial score (nSPS) is 26.0. The van der Waals surface area contributed by atoms with Gasteiger partial charge in [0, 0.05) is 17.9 Å². The van der Waals surface area contributed by atoms with Crippen LogP contribution in [0.25, 0.3) is 0 Å². The topological polar surface area (TPSA) is 101 Å². The zero-order valence-corrected chi connectivity index (χ0v) is 15.7. The number of carboxylic acids is 1. The summed E-state index contributed by atoms with van der Waals surface area (Å²) in [6.45, 7) is 0. The lowest BCUT2D eigenvalue weighted by molar-refractivity contribution is -0.122. The number of benzene rings is 1. The summed E-state index contributed by atoms with van der Waals surface area (Å²) in [6, 6.07) is 3.74. The van der Waals surface area contributed by atoms with Gasteiger partial charge in [0.2, 0.25) is 5.91 Å². The van der Waals surface area contributed by atoms with Crippen molar-refractivity contribution in [2.45, 2.75) is 49.8 Å². The van der Waals surface area contributed by atoms with Crippen LogP contribution in [-0.4, -0.2) is 31.7 Å². The number of rotatable bonds is 4. The Labute approximate surface area is 153 Å². The van der Waals surface area contributed by atoms with Crippen molar-refractivity contribution in [2.75, 3.05) is 11.6 Å². The molecule has 2 aliphatic rings. The molecule has 0 aliphatic heterocycles. The first-order valence-corrected chi connectivity index (χ1v) is 11.0.